The predicted octanol–water partition coefficient (Wildman–Crippen LogP) is 5.55. The SMILES string of the molecule is CC[C@@H](Oc1cc(C)ccc1C)C(=O)Nc1ccc(S(=O)(=O)Nc2ccccc2Cl)cc1. The van der Waals surface area contributed by atoms with Gasteiger partial charge in [-0.25, -0.2) is 8.42 Å². The summed E-state index contributed by atoms with van der Waals surface area (Å²) in [6.45, 7) is 5.75. The van der Waals surface area contributed by atoms with Gasteiger partial charge in [-0.1, -0.05) is 42.8 Å². The molecule has 0 saturated heterocycles. The van der Waals surface area contributed by atoms with Crippen molar-refractivity contribution in [1.82, 2.24) is 0 Å². The Balaban J connectivity index is 1.69. The lowest BCUT2D eigenvalue weighted by molar-refractivity contribution is -0.122. The number of hydrogen-bond acceptors (Lipinski definition) is 4. The molecule has 0 aliphatic carbocycles. The number of ether oxygens (including phenoxy) is 1. The molecule has 2 N–H and O–H groups in total. The summed E-state index contributed by atoms with van der Waals surface area (Å²) in [6, 6.07) is 18.3. The molecule has 0 bridgehead atoms. The third-order valence-corrected chi connectivity index (χ3v) is 6.54. The van der Waals surface area contributed by atoms with Crippen LogP contribution in [0.4, 0.5) is 11.4 Å². The van der Waals surface area contributed by atoms with Crippen molar-refractivity contribution in [3.63, 3.8) is 0 Å². The predicted molar refractivity (Wildman–Crippen MR) is 128 cm³/mol. The molecule has 0 radical (unpaired) electrons. The quantitative estimate of drug-likeness (QED) is 0.450. The number of anilines is 2. The maximum Gasteiger partial charge on any atom is 0.265 e. The van der Waals surface area contributed by atoms with Crippen LogP contribution in [0.5, 0.6) is 5.75 Å². The lowest BCUT2D eigenvalue weighted by atomic mass is 10.1. The van der Waals surface area contributed by atoms with E-state index in [1.165, 1.54) is 24.3 Å². The van der Waals surface area contributed by atoms with E-state index < -0.39 is 16.1 Å². The second-order valence-corrected chi connectivity index (χ2v) is 9.47. The van der Waals surface area contributed by atoms with E-state index in [1.807, 2.05) is 39.0 Å². The highest BCUT2D eigenvalue weighted by atomic mass is 35.5. The molecule has 0 fully saturated rings. The smallest absolute Gasteiger partial charge is 0.265 e. The molecular weight excluding hydrogens is 448 g/mol. The van der Waals surface area contributed by atoms with Gasteiger partial charge in [0.2, 0.25) is 0 Å². The number of rotatable bonds is 8. The summed E-state index contributed by atoms with van der Waals surface area (Å²) >= 11 is 6.03. The zero-order valence-corrected chi connectivity index (χ0v) is 19.6. The summed E-state index contributed by atoms with van der Waals surface area (Å²) in [6.07, 6.45) is -0.200. The Morgan fingerprint density at radius 2 is 1.72 bits per heavy atom. The van der Waals surface area contributed by atoms with Gasteiger partial charge in [0.15, 0.2) is 6.10 Å². The number of benzene rings is 3. The fraction of sp³-hybridized carbons (Fsp3) is 0.208. The summed E-state index contributed by atoms with van der Waals surface area (Å²) in [5, 5.41) is 3.08. The zero-order valence-electron chi connectivity index (χ0n) is 18.1. The molecule has 0 aromatic heterocycles. The van der Waals surface area contributed by atoms with E-state index in [2.05, 4.69) is 10.0 Å². The molecule has 168 valence electrons. The van der Waals surface area contributed by atoms with Gasteiger partial charge in [0, 0.05) is 5.69 Å². The van der Waals surface area contributed by atoms with Gasteiger partial charge in [0.1, 0.15) is 5.75 Å². The molecule has 0 aliphatic heterocycles. The van der Waals surface area contributed by atoms with E-state index in [0.717, 1.165) is 11.1 Å². The Bertz CT molecular complexity index is 1210. The minimum atomic E-state index is -3.82. The highest BCUT2D eigenvalue weighted by Crippen LogP contribution is 2.25. The zero-order chi connectivity index (χ0) is 23.3. The summed E-state index contributed by atoms with van der Waals surface area (Å²) < 4.78 is 33.6. The van der Waals surface area contributed by atoms with E-state index in [9.17, 15) is 13.2 Å². The van der Waals surface area contributed by atoms with Crippen LogP contribution in [0.2, 0.25) is 5.02 Å². The molecular formula is C24H25ClN2O4S. The van der Waals surface area contributed by atoms with Crippen LogP contribution in [-0.4, -0.2) is 20.4 Å². The van der Waals surface area contributed by atoms with Crippen molar-refractivity contribution in [3.05, 3.63) is 82.9 Å². The maximum atomic E-state index is 12.7. The average molecular weight is 473 g/mol. The number of amides is 1. The number of nitrogens with one attached hydrogen (secondary N) is 2. The van der Waals surface area contributed by atoms with E-state index in [-0.39, 0.29) is 10.8 Å². The Morgan fingerprint density at radius 3 is 2.38 bits per heavy atom. The van der Waals surface area contributed by atoms with Crippen LogP contribution >= 0.6 is 11.6 Å². The molecule has 0 aliphatic rings. The number of hydrogen-bond donors (Lipinski definition) is 2. The molecule has 1 amide bonds. The first kappa shape index (κ1) is 23.6. The Kier molecular flexibility index (Phi) is 7.43. The maximum absolute atomic E-state index is 12.7. The molecule has 6 nitrogen and oxygen atoms in total. The summed E-state index contributed by atoms with van der Waals surface area (Å²) in [5.74, 6) is 0.359. The second kappa shape index (κ2) is 10.1. The van der Waals surface area contributed by atoms with Crippen molar-refractivity contribution in [2.45, 2.75) is 38.2 Å². The Morgan fingerprint density at radius 1 is 1.03 bits per heavy atom. The van der Waals surface area contributed by atoms with Gasteiger partial charge >= 0.3 is 0 Å². The second-order valence-electron chi connectivity index (χ2n) is 7.38. The van der Waals surface area contributed by atoms with Crippen molar-refractivity contribution in [2.24, 2.45) is 0 Å². The molecule has 0 saturated carbocycles. The number of halogens is 1. The topological polar surface area (TPSA) is 84.5 Å². The molecule has 3 aromatic rings. The van der Waals surface area contributed by atoms with Crippen LogP contribution in [0.3, 0.4) is 0 Å². The summed E-state index contributed by atoms with van der Waals surface area (Å²) in [7, 11) is -3.82. The standard InChI is InChI=1S/C24H25ClN2O4S/c1-4-22(31-23-15-16(2)9-10-17(23)3)24(28)26-18-11-13-19(14-12-18)32(29,30)27-21-8-6-5-7-20(21)25/h5-15,22,27H,4H2,1-3H3,(H,26,28)/t22-/m1/s1. The van der Waals surface area contributed by atoms with Gasteiger partial charge in [0.05, 0.1) is 15.6 Å². The van der Waals surface area contributed by atoms with Gasteiger partial charge < -0.3 is 10.1 Å². The van der Waals surface area contributed by atoms with Gasteiger partial charge in [-0.05, 0) is 73.9 Å². The van der Waals surface area contributed by atoms with Gasteiger partial charge in [-0.15, -0.1) is 0 Å². The molecule has 8 heteroatoms. The van der Waals surface area contributed by atoms with Gasteiger partial charge in [-0.3, -0.25) is 9.52 Å². The summed E-state index contributed by atoms with van der Waals surface area (Å²) in [4.78, 5) is 12.8. The monoisotopic (exact) mass is 472 g/mol. The van der Waals surface area contributed by atoms with E-state index in [4.69, 9.17) is 16.3 Å². The Labute approximate surface area is 193 Å². The fourth-order valence-electron chi connectivity index (χ4n) is 3.00. The first-order valence-electron chi connectivity index (χ1n) is 10.1. The number of carbonyl (C=O) groups is 1. The molecule has 32 heavy (non-hydrogen) atoms. The van der Waals surface area contributed by atoms with Gasteiger partial charge in [0.25, 0.3) is 15.9 Å². The highest BCUT2D eigenvalue weighted by molar-refractivity contribution is 7.92. The van der Waals surface area contributed by atoms with Crippen molar-refractivity contribution >= 4 is 38.9 Å². The van der Waals surface area contributed by atoms with Crippen LogP contribution in [0, 0.1) is 13.8 Å². The van der Waals surface area contributed by atoms with E-state index in [0.29, 0.717) is 28.6 Å². The van der Waals surface area contributed by atoms with Crippen molar-refractivity contribution < 1.29 is 17.9 Å². The van der Waals surface area contributed by atoms with Crippen LogP contribution in [0.25, 0.3) is 0 Å². The fourth-order valence-corrected chi connectivity index (χ4v) is 4.32. The summed E-state index contributed by atoms with van der Waals surface area (Å²) in [5.41, 5.74) is 2.75. The number of carbonyl (C=O) groups excluding carboxylic acids is 1. The third kappa shape index (κ3) is 5.81. The minimum Gasteiger partial charge on any atom is -0.480 e. The molecule has 0 heterocycles. The van der Waals surface area contributed by atoms with Crippen LogP contribution < -0.4 is 14.8 Å². The molecule has 3 aromatic carbocycles. The normalized spacial score (nSPS) is 12.1. The highest BCUT2D eigenvalue weighted by Gasteiger charge is 2.20. The van der Waals surface area contributed by atoms with Crippen molar-refractivity contribution in [3.8, 4) is 5.75 Å². The average Bonchev–Trinajstić information content (AvgIpc) is 2.76. The first-order valence-corrected chi connectivity index (χ1v) is 12.0. The van der Waals surface area contributed by atoms with Crippen LogP contribution in [-0.2, 0) is 14.8 Å². The number of aryl methyl sites for hydroxylation is 2. The lowest BCUT2D eigenvalue weighted by Crippen LogP contribution is -2.32. The van der Waals surface area contributed by atoms with E-state index >= 15 is 0 Å². The number of para-hydroxylation sites is 1. The minimum absolute atomic E-state index is 0.0501. The van der Waals surface area contributed by atoms with E-state index in [1.54, 1.807) is 24.3 Å². The molecule has 3 rings (SSSR count). The largest absolute Gasteiger partial charge is 0.480 e. The van der Waals surface area contributed by atoms with Gasteiger partial charge in [-0.2, -0.15) is 0 Å². The molecule has 0 spiro atoms. The number of sulfonamides is 1. The first-order chi connectivity index (χ1) is 15.2. The van der Waals surface area contributed by atoms with Crippen molar-refractivity contribution in [2.75, 3.05) is 10.0 Å². The molecule has 1 atom stereocenters. The van der Waals surface area contributed by atoms with Crippen LogP contribution in [0.15, 0.2) is 71.6 Å². The molecule has 0 unspecified atom stereocenters. The third-order valence-electron chi connectivity index (χ3n) is 4.83. The van der Waals surface area contributed by atoms with Crippen LogP contribution in [0.1, 0.15) is 24.5 Å². The van der Waals surface area contributed by atoms with Crippen molar-refractivity contribution in [1.29, 1.82) is 0 Å². The lowest BCUT2D eigenvalue weighted by Gasteiger charge is -2.19. The Hall–Kier alpha value is -3.03.